The van der Waals surface area contributed by atoms with Crippen molar-refractivity contribution in [2.75, 3.05) is 5.32 Å². The van der Waals surface area contributed by atoms with Gasteiger partial charge in [-0.2, -0.15) is 0 Å². The molecule has 1 aromatic carbocycles. The third kappa shape index (κ3) is 3.12. The molecular formula is C12H12FN3OS. The van der Waals surface area contributed by atoms with Crippen molar-refractivity contribution in [1.82, 2.24) is 4.98 Å². The number of nitrogens with zero attached hydrogens (tertiary/aromatic N) is 1. The summed E-state index contributed by atoms with van der Waals surface area (Å²) in [6.07, 6.45) is 0.116. The molecule has 1 amide bonds. The van der Waals surface area contributed by atoms with Crippen molar-refractivity contribution >= 4 is 22.9 Å². The minimum absolute atomic E-state index is 0.116. The van der Waals surface area contributed by atoms with Crippen molar-refractivity contribution in [3.8, 4) is 0 Å². The summed E-state index contributed by atoms with van der Waals surface area (Å²) in [6.45, 7) is 0.361. The van der Waals surface area contributed by atoms with E-state index in [0.29, 0.717) is 12.2 Å². The zero-order valence-corrected chi connectivity index (χ0v) is 10.3. The Morgan fingerprint density at radius 1 is 1.44 bits per heavy atom. The summed E-state index contributed by atoms with van der Waals surface area (Å²) < 4.78 is 13.3. The predicted octanol–water partition coefficient (Wildman–Crippen LogP) is 1.92. The van der Waals surface area contributed by atoms with Gasteiger partial charge in [-0.1, -0.05) is 12.1 Å². The summed E-state index contributed by atoms with van der Waals surface area (Å²) in [7, 11) is 0. The van der Waals surface area contributed by atoms with E-state index in [9.17, 15) is 9.18 Å². The number of halogens is 1. The predicted molar refractivity (Wildman–Crippen MR) is 68.7 cm³/mol. The second kappa shape index (κ2) is 5.70. The standard InChI is InChI=1S/C12H12FN3OS/c13-9-3-1-2-4-10(9)16-11(17)5-8-7-18-12(6-14)15-8/h1-4,7H,5-6,14H2,(H,16,17). The molecule has 0 aliphatic heterocycles. The first-order valence-corrected chi connectivity index (χ1v) is 6.24. The van der Waals surface area contributed by atoms with Crippen LogP contribution in [0.1, 0.15) is 10.7 Å². The SMILES string of the molecule is NCc1nc(CC(=O)Nc2ccccc2F)cs1. The van der Waals surface area contributed by atoms with Crippen LogP contribution in [0.15, 0.2) is 29.6 Å². The van der Waals surface area contributed by atoms with Gasteiger partial charge in [-0.15, -0.1) is 11.3 Å². The molecule has 0 saturated carbocycles. The van der Waals surface area contributed by atoms with E-state index >= 15 is 0 Å². The van der Waals surface area contributed by atoms with E-state index in [1.54, 1.807) is 17.5 Å². The van der Waals surface area contributed by atoms with Crippen molar-refractivity contribution in [3.05, 3.63) is 46.2 Å². The van der Waals surface area contributed by atoms with E-state index in [0.717, 1.165) is 5.01 Å². The topological polar surface area (TPSA) is 68.0 Å². The van der Waals surface area contributed by atoms with Gasteiger partial charge in [-0.25, -0.2) is 9.37 Å². The zero-order valence-electron chi connectivity index (χ0n) is 9.52. The summed E-state index contributed by atoms with van der Waals surface area (Å²) in [5.74, 6) is -0.749. The minimum Gasteiger partial charge on any atom is -0.325 e. The Balaban J connectivity index is 1.99. The van der Waals surface area contributed by atoms with Gasteiger partial charge in [-0.3, -0.25) is 4.79 Å². The van der Waals surface area contributed by atoms with Crippen LogP contribution in [0.3, 0.4) is 0 Å². The number of hydrogen-bond acceptors (Lipinski definition) is 4. The lowest BCUT2D eigenvalue weighted by atomic mass is 10.2. The van der Waals surface area contributed by atoms with Crippen LogP contribution in [0.5, 0.6) is 0 Å². The molecule has 0 aliphatic rings. The number of thiazole rings is 1. The van der Waals surface area contributed by atoms with E-state index in [4.69, 9.17) is 5.73 Å². The maximum atomic E-state index is 13.3. The Bertz CT molecular complexity index is 556. The normalized spacial score (nSPS) is 10.3. The van der Waals surface area contributed by atoms with Gasteiger partial charge in [0.25, 0.3) is 0 Å². The summed E-state index contributed by atoms with van der Waals surface area (Å²) in [6, 6.07) is 6.04. The minimum atomic E-state index is -0.452. The number of carbonyl (C=O) groups is 1. The Morgan fingerprint density at radius 2 is 2.22 bits per heavy atom. The summed E-state index contributed by atoms with van der Waals surface area (Å²) in [4.78, 5) is 15.9. The van der Waals surface area contributed by atoms with Crippen LogP contribution in [-0.4, -0.2) is 10.9 Å². The summed E-state index contributed by atoms with van der Waals surface area (Å²) in [5, 5.41) is 5.07. The van der Waals surface area contributed by atoms with Gasteiger partial charge >= 0.3 is 0 Å². The molecule has 0 spiro atoms. The largest absolute Gasteiger partial charge is 0.325 e. The molecular weight excluding hydrogens is 253 g/mol. The van der Waals surface area contributed by atoms with Gasteiger partial charge in [0.1, 0.15) is 10.8 Å². The first-order chi connectivity index (χ1) is 8.69. The van der Waals surface area contributed by atoms with Gasteiger partial charge in [0.05, 0.1) is 17.8 Å². The Morgan fingerprint density at radius 3 is 2.89 bits per heavy atom. The third-order valence-corrected chi connectivity index (χ3v) is 3.18. The molecule has 3 N–H and O–H groups in total. The molecule has 0 aliphatic carbocycles. The Labute approximate surface area is 108 Å². The van der Waals surface area contributed by atoms with Gasteiger partial charge in [0.2, 0.25) is 5.91 Å². The lowest BCUT2D eigenvalue weighted by molar-refractivity contribution is -0.115. The number of rotatable bonds is 4. The van der Waals surface area contributed by atoms with E-state index in [-0.39, 0.29) is 18.0 Å². The second-order valence-electron chi connectivity index (χ2n) is 3.64. The first-order valence-electron chi connectivity index (χ1n) is 5.37. The molecule has 0 saturated heterocycles. The highest BCUT2D eigenvalue weighted by Gasteiger charge is 2.09. The van der Waals surface area contributed by atoms with E-state index in [2.05, 4.69) is 10.3 Å². The fourth-order valence-corrected chi connectivity index (χ4v) is 2.12. The lowest BCUT2D eigenvalue weighted by Crippen LogP contribution is -2.15. The first kappa shape index (κ1) is 12.7. The van der Waals surface area contributed by atoms with Crippen molar-refractivity contribution in [1.29, 1.82) is 0 Å². The molecule has 0 radical (unpaired) electrons. The van der Waals surface area contributed by atoms with E-state index < -0.39 is 5.82 Å². The van der Waals surface area contributed by atoms with Crippen LogP contribution in [0.25, 0.3) is 0 Å². The monoisotopic (exact) mass is 265 g/mol. The Kier molecular flexibility index (Phi) is 4.01. The molecule has 2 rings (SSSR count). The molecule has 0 unspecified atom stereocenters. The van der Waals surface area contributed by atoms with Gasteiger partial charge in [-0.05, 0) is 12.1 Å². The molecule has 6 heteroatoms. The highest BCUT2D eigenvalue weighted by Crippen LogP contribution is 2.14. The summed E-state index contributed by atoms with van der Waals surface area (Å²) >= 11 is 1.41. The number of hydrogen-bond donors (Lipinski definition) is 2. The van der Waals surface area contributed by atoms with Gasteiger partial charge < -0.3 is 11.1 Å². The maximum Gasteiger partial charge on any atom is 0.230 e. The highest BCUT2D eigenvalue weighted by molar-refractivity contribution is 7.09. The fraction of sp³-hybridized carbons (Fsp3) is 0.167. The number of aromatic nitrogens is 1. The van der Waals surface area contributed by atoms with E-state index in [1.807, 2.05) is 0 Å². The number of nitrogens with one attached hydrogen (secondary N) is 1. The summed E-state index contributed by atoms with van der Waals surface area (Å²) in [5.41, 5.74) is 6.26. The molecule has 0 fully saturated rings. The fourth-order valence-electron chi connectivity index (χ4n) is 1.45. The van der Waals surface area contributed by atoms with Crippen LogP contribution in [0.4, 0.5) is 10.1 Å². The lowest BCUT2D eigenvalue weighted by Gasteiger charge is -2.04. The zero-order chi connectivity index (χ0) is 13.0. The second-order valence-corrected chi connectivity index (χ2v) is 4.58. The quantitative estimate of drug-likeness (QED) is 0.887. The number of carbonyl (C=O) groups excluding carboxylic acids is 1. The number of anilines is 1. The molecule has 2 aromatic rings. The van der Waals surface area contributed by atoms with Crippen LogP contribution in [0.2, 0.25) is 0 Å². The van der Waals surface area contributed by atoms with Gasteiger partial charge in [0, 0.05) is 11.9 Å². The number of benzene rings is 1. The molecule has 4 nitrogen and oxygen atoms in total. The third-order valence-electron chi connectivity index (χ3n) is 2.26. The van der Waals surface area contributed by atoms with Crippen molar-refractivity contribution in [2.45, 2.75) is 13.0 Å². The molecule has 18 heavy (non-hydrogen) atoms. The molecule has 0 atom stereocenters. The number of para-hydroxylation sites is 1. The van der Waals surface area contributed by atoms with Crippen LogP contribution < -0.4 is 11.1 Å². The Hall–Kier alpha value is -1.79. The van der Waals surface area contributed by atoms with Crippen molar-refractivity contribution in [3.63, 3.8) is 0 Å². The van der Waals surface area contributed by atoms with Crippen LogP contribution in [0, 0.1) is 5.82 Å². The maximum absolute atomic E-state index is 13.3. The van der Waals surface area contributed by atoms with Crippen molar-refractivity contribution < 1.29 is 9.18 Å². The molecule has 1 heterocycles. The van der Waals surface area contributed by atoms with Gasteiger partial charge in [0.15, 0.2) is 0 Å². The smallest absolute Gasteiger partial charge is 0.230 e. The molecule has 94 valence electrons. The average Bonchev–Trinajstić information content (AvgIpc) is 2.80. The van der Waals surface area contributed by atoms with Crippen LogP contribution >= 0.6 is 11.3 Å². The molecule has 0 bridgehead atoms. The van der Waals surface area contributed by atoms with Crippen LogP contribution in [-0.2, 0) is 17.8 Å². The molecule has 1 aromatic heterocycles. The van der Waals surface area contributed by atoms with Crippen molar-refractivity contribution in [2.24, 2.45) is 5.73 Å². The number of nitrogens with two attached hydrogens (primary N) is 1. The average molecular weight is 265 g/mol. The highest BCUT2D eigenvalue weighted by atomic mass is 32.1. The van der Waals surface area contributed by atoms with E-state index in [1.165, 1.54) is 23.5 Å². The number of amides is 1.